The van der Waals surface area contributed by atoms with Crippen molar-refractivity contribution in [3.8, 4) is 0 Å². The van der Waals surface area contributed by atoms with Crippen LogP contribution in [0.4, 0.5) is 0 Å². The molecule has 2 rings (SSSR count). The van der Waals surface area contributed by atoms with Gasteiger partial charge in [-0.1, -0.05) is 19.9 Å². The minimum Gasteiger partial charge on any atom is -0.477 e. The van der Waals surface area contributed by atoms with Crippen LogP contribution in [0.1, 0.15) is 36.5 Å². The first-order valence-corrected chi connectivity index (χ1v) is 5.85. The SMILES string of the molecule is CC1(C)CC(=O)N(Cc2cccc(C(=O)O)n2)C1=O. The zero-order valence-electron chi connectivity index (χ0n) is 10.7. The van der Waals surface area contributed by atoms with Gasteiger partial charge in [-0.05, 0) is 12.1 Å². The number of aromatic nitrogens is 1. The van der Waals surface area contributed by atoms with Crippen molar-refractivity contribution >= 4 is 17.8 Å². The summed E-state index contributed by atoms with van der Waals surface area (Å²) in [6.45, 7) is 3.45. The van der Waals surface area contributed by atoms with Crippen molar-refractivity contribution in [2.45, 2.75) is 26.8 Å². The van der Waals surface area contributed by atoms with Gasteiger partial charge in [0.1, 0.15) is 5.69 Å². The molecule has 2 heterocycles. The maximum atomic E-state index is 12.0. The summed E-state index contributed by atoms with van der Waals surface area (Å²) in [6.07, 6.45) is 0.171. The number of imide groups is 1. The van der Waals surface area contributed by atoms with E-state index in [0.717, 1.165) is 4.90 Å². The Labute approximate surface area is 110 Å². The zero-order valence-corrected chi connectivity index (χ0v) is 10.7. The lowest BCUT2D eigenvalue weighted by Crippen LogP contribution is -2.32. The minimum absolute atomic E-state index is 0.0161. The number of nitrogens with zero attached hydrogens (tertiary/aromatic N) is 2. The second kappa shape index (κ2) is 4.46. The molecule has 0 atom stereocenters. The van der Waals surface area contributed by atoms with Crippen molar-refractivity contribution in [2.24, 2.45) is 5.41 Å². The number of amides is 2. The Bertz CT molecular complexity index is 566. The predicted molar refractivity (Wildman–Crippen MR) is 65.2 cm³/mol. The Balaban J connectivity index is 2.22. The predicted octanol–water partition coefficient (Wildman–Crippen LogP) is 1.06. The van der Waals surface area contributed by atoms with Crippen LogP contribution in [0.3, 0.4) is 0 Å². The van der Waals surface area contributed by atoms with E-state index in [1.807, 2.05) is 0 Å². The summed E-state index contributed by atoms with van der Waals surface area (Å²) in [4.78, 5) is 39.7. The second-order valence-corrected chi connectivity index (χ2v) is 5.17. The summed E-state index contributed by atoms with van der Waals surface area (Å²) in [5.41, 5.74) is -0.406. The van der Waals surface area contributed by atoms with Crippen LogP contribution in [0, 0.1) is 5.41 Å². The lowest BCUT2D eigenvalue weighted by atomic mass is 9.92. The first-order chi connectivity index (χ1) is 8.81. The molecule has 1 N–H and O–H groups in total. The van der Waals surface area contributed by atoms with Gasteiger partial charge >= 0.3 is 5.97 Å². The fraction of sp³-hybridized carbons (Fsp3) is 0.385. The highest BCUT2D eigenvalue weighted by atomic mass is 16.4. The number of carboxylic acid groups (broad SMARTS) is 1. The molecular weight excluding hydrogens is 248 g/mol. The highest BCUT2D eigenvalue weighted by Gasteiger charge is 2.44. The van der Waals surface area contributed by atoms with E-state index in [4.69, 9.17) is 5.11 Å². The van der Waals surface area contributed by atoms with Gasteiger partial charge in [-0.2, -0.15) is 0 Å². The van der Waals surface area contributed by atoms with Crippen LogP contribution in [0.2, 0.25) is 0 Å². The maximum absolute atomic E-state index is 12.0. The molecule has 1 aliphatic heterocycles. The van der Waals surface area contributed by atoms with Gasteiger partial charge in [-0.15, -0.1) is 0 Å². The van der Waals surface area contributed by atoms with Crippen molar-refractivity contribution in [1.82, 2.24) is 9.88 Å². The van der Waals surface area contributed by atoms with Crippen molar-refractivity contribution < 1.29 is 19.5 Å². The molecule has 2 amide bonds. The fourth-order valence-electron chi connectivity index (χ4n) is 2.04. The van der Waals surface area contributed by atoms with Crippen molar-refractivity contribution in [1.29, 1.82) is 0 Å². The molecule has 19 heavy (non-hydrogen) atoms. The van der Waals surface area contributed by atoms with Crippen LogP contribution in [-0.4, -0.2) is 32.8 Å². The average molecular weight is 262 g/mol. The lowest BCUT2D eigenvalue weighted by Gasteiger charge is -2.17. The van der Waals surface area contributed by atoms with E-state index < -0.39 is 11.4 Å². The number of likely N-dealkylation sites (tertiary alicyclic amines) is 1. The Kier molecular flexibility index (Phi) is 3.09. The third-order valence-electron chi connectivity index (χ3n) is 3.06. The lowest BCUT2D eigenvalue weighted by molar-refractivity contribution is -0.141. The highest BCUT2D eigenvalue weighted by Crippen LogP contribution is 2.32. The summed E-state index contributed by atoms with van der Waals surface area (Å²) in [7, 11) is 0. The molecule has 6 heteroatoms. The molecule has 100 valence electrons. The van der Waals surface area contributed by atoms with E-state index >= 15 is 0 Å². The molecular formula is C13H14N2O4. The van der Waals surface area contributed by atoms with E-state index in [1.54, 1.807) is 26.0 Å². The minimum atomic E-state index is -1.14. The standard InChI is InChI=1S/C13H14N2O4/c1-13(2)6-10(16)15(12(13)19)7-8-4-3-5-9(14-8)11(17)18/h3-5H,6-7H2,1-2H3,(H,17,18). The highest BCUT2D eigenvalue weighted by molar-refractivity contribution is 6.05. The van der Waals surface area contributed by atoms with Crippen LogP contribution in [0.15, 0.2) is 18.2 Å². The number of rotatable bonds is 3. The Hall–Kier alpha value is -2.24. The molecule has 1 saturated heterocycles. The number of carbonyl (C=O) groups excluding carboxylic acids is 2. The summed E-state index contributed by atoms with van der Waals surface area (Å²) < 4.78 is 0. The van der Waals surface area contributed by atoms with Gasteiger partial charge in [0.05, 0.1) is 17.7 Å². The molecule has 0 spiro atoms. The summed E-state index contributed by atoms with van der Waals surface area (Å²) >= 11 is 0. The maximum Gasteiger partial charge on any atom is 0.354 e. The van der Waals surface area contributed by atoms with E-state index in [1.165, 1.54) is 6.07 Å². The van der Waals surface area contributed by atoms with Gasteiger partial charge in [0.2, 0.25) is 11.8 Å². The average Bonchev–Trinajstić information content (AvgIpc) is 2.52. The molecule has 0 bridgehead atoms. The first-order valence-electron chi connectivity index (χ1n) is 5.85. The second-order valence-electron chi connectivity index (χ2n) is 5.17. The zero-order chi connectivity index (χ0) is 14.2. The van der Waals surface area contributed by atoms with Gasteiger partial charge < -0.3 is 5.11 Å². The quantitative estimate of drug-likeness (QED) is 0.823. The third kappa shape index (κ3) is 2.47. The van der Waals surface area contributed by atoms with Crippen molar-refractivity contribution in [3.05, 3.63) is 29.6 Å². The number of hydrogen-bond acceptors (Lipinski definition) is 4. The molecule has 0 saturated carbocycles. The summed E-state index contributed by atoms with van der Waals surface area (Å²) in [5.74, 6) is -1.64. The molecule has 0 aliphatic carbocycles. The molecule has 0 radical (unpaired) electrons. The van der Waals surface area contributed by atoms with Crippen molar-refractivity contribution in [3.63, 3.8) is 0 Å². The number of carboxylic acids is 1. The molecule has 1 aromatic heterocycles. The van der Waals surface area contributed by atoms with Gasteiger partial charge in [0.25, 0.3) is 0 Å². The number of hydrogen-bond donors (Lipinski definition) is 1. The van der Waals surface area contributed by atoms with Gasteiger partial charge in [-0.25, -0.2) is 9.78 Å². The Morgan fingerprint density at radius 2 is 2.11 bits per heavy atom. The van der Waals surface area contributed by atoms with Crippen LogP contribution < -0.4 is 0 Å². The van der Waals surface area contributed by atoms with Crippen LogP contribution in [-0.2, 0) is 16.1 Å². The Morgan fingerprint density at radius 3 is 2.63 bits per heavy atom. The molecule has 0 aromatic carbocycles. The molecule has 6 nitrogen and oxygen atoms in total. The smallest absolute Gasteiger partial charge is 0.354 e. The van der Waals surface area contributed by atoms with E-state index in [-0.39, 0.29) is 30.5 Å². The summed E-state index contributed by atoms with van der Waals surface area (Å²) in [6, 6.07) is 4.50. The molecule has 1 fully saturated rings. The van der Waals surface area contributed by atoms with Crippen LogP contribution in [0.25, 0.3) is 0 Å². The van der Waals surface area contributed by atoms with Crippen molar-refractivity contribution in [2.75, 3.05) is 0 Å². The number of pyridine rings is 1. The number of carbonyl (C=O) groups is 3. The molecule has 1 aliphatic rings. The van der Waals surface area contributed by atoms with E-state index in [2.05, 4.69) is 4.98 Å². The largest absolute Gasteiger partial charge is 0.477 e. The fourth-order valence-corrected chi connectivity index (χ4v) is 2.04. The van der Waals surface area contributed by atoms with Gasteiger partial charge in [0, 0.05) is 6.42 Å². The van der Waals surface area contributed by atoms with Crippen LogP contribution in [0.5, 0.6) is 0 Å². The van der Waals surface area contributed by atoms with E-state index in [0.29, 0.717) is 5.69 Å². The topological polar surface area (TPSA) is 87.6 Å². The van der Waals surface area contributed by atoms with E-state index in [9.17, 15) is 14.4 Å². The summed E-state index contributed by atoms with van der Waals surface area (Å²) in [5, 5.41) is 8.85. The Morgan fingerprint density at radius 1 is 1.42 bits per heavy atom. The monoisotopic (exact) mass is 262 g/mol. The van der Waals surface area contributed by atoms with Crippen LogP contribution >= 0.6 is 0 Å². The van der Waals surface area contributed by atoms with Gasteiger partial charge in [0.15, 0.2) is 0 Å². The molecule has 0 unspecified atom stereocenters. The normalized spacial score (nSPS) is 17.9. The first kappa shape index (κ1) is 13.2. The molecule has 1 aromatic rings. The third-order valence-corrected chi connectivity index (χ3v) is 3.06. The van der Waals surface area contributed by atoms with Gasteiger partial charge in [-0.3, -0.25) is 14.5 Å². The number of aromatic carboxylic acids is 1.